The second-order valence-corrected chi connectivity index (χ2v) is 5.32. The summed E-state index contributed by atoms with van der Waals surface area (Å²) in [7, 11) is 1.57. The zero-order valence-corrected chi connectivity index (χ0v) is 13.1. The number of esters is 1. The van der Waals surface area contributed by atoms with Crippen LogP contribution in [0.1, 0.15) is 28.5 Å². The first-order valence-electron chi connectivity index (χ1n) is 7.52. The minimum Gasteiger partial charge on any atom is -0.462 e. The Morgan fingerprint density at radius 3 is 2.96 bits per heavy atom. The molecule has 1 aromatic heterocycles. The molecule has 0 amide bonds. The van der Waals surface area contributed by atoms with Crippen LogP contribution in [-0.4, -0.2) is 30.4 Å². The number of carbonyl (C=O) groups is 1. The highest BCUT2D eigenvalue weighted by atomic mass is 19.1. The molecule has 2 aromatic rings. The smallest absolute Gasteiger partial charge is 0.338 e. The fourth-order valence-corrected chi connectivity index (χ4v) is 2.79. The fourth-order valence-electron chi connectivity index (χ4n) is 2.79. The van der Waals surface area contributed by atoms with E-state index in [1.807, 2.05) is 12.1 Å². The minimum absolute atomic E-state index is 0.246. The number of aromatic nitrogens is 1. The zero-order valence-electron chi connectivity index (χ0n) is 13.1. The summed E-state index contributed by atoms with van der Waals surface area (Å²) in [5.74, 6) is -0.699. The van der Waals surface area contributed by atoms with E-state index in [1.54, 1.807) is 43.0 Å². The highest BCUT2D eigenvalue weighted by molar-refractivity contribution is 5.90. The number of methoxy groups -OCH3 is 1. The molecule has 0 saturated carbocycles. The van der Waals surface area contributed by atoms with Gasteiger partial charge in [-0.1, -0.05) is 6.07 Å². The molecule has 0 fully saturated rings. The average Bonchev–Trinajstić information content (AvgIpc) is 2.99. The molecule has 120 valence electrons. The maximum absolute atomic E-state index is 14.4. The fraction of sp³-hybridized carbons (Fsp3) is 0.278. The summed E-state index contributed by atoms with van der Waals surface area (Å²) in [6.07, 6.45) is 3.67. The average molecular weight is 315 g/mol. The lowest BCUT2D eigenvalue weighted by Gasteiger charge is -2.19. The molecule has 4 nitrogen and oxygen atoms in total. The van der Waals surface area contributed by atoms with Crippen LogP contribution in [0.3, 0.4) is 0 Å². The van der Waals surface area contributed by atoms with Gasteiger partial charge >= 0.3 is 5.97 Å². The molecular formula is C18H18FNO3. The number of ether oxygens (including phenoxy) is 2. The molecule has 0 spiro atoms. The monoisotopic (exact) mass is 315 g/mol. The van der Waals surface area contributed by atoms with Crippen molar-refractivity contribution >= 4 is 11.8 Å². The van der Waals surface area contributed by atoms with Crippen LogP contribution in [0.4, 0.5) is 4.39 Å². The largest absolute Gasteiger partial charge is 0.462 e. The lowest BCUT2D eigenvalue weighted by molar-refractivity contribution is 0.0526. The number of nitrogens with zero attached hydrogens (tertiary/aromatic N) is 1. The van der Waals surface area contributed by atoms with Crippen molar-refractivity contribution in [3.8, 4) is 5.69 Å². The summed E-state index contributed by atoms with van der Waals surface area (Å²) in [6, 6.07) is 8.86. The maximum Gasteiger partial charge on any atom is 0.338 e. The summed E-state index contributed by atoms with van der Waals surface area (Å²) in [6.45, 7) is 2.08. The summed E-state index contributed by atoms with van der Waals surface area (Å²) >= 11 is 0. The molecule has 5 heteroatoms. The van der Waals surface area contributed by atoms with Crippen molar-refractivity contribution in [2.24, 2.45) is 0 Å². The third-order valence-electron chi connectivity index (χ3n) is 3.89. The third-order valence-corrected chi connectivity index (χ3v) is 3.89. The van der Waals surface area contributed by atoms with E-state index < -0.39 is 0 Å². The van der Waals surface area contributed by atoms with Gasteiger partial charge in [0.15, 0.2) is 0 Å². The van der Waals surface area contributed by atoms with Crippen molar-refractivity contribution in [3.63, 3.8) is 0 Å². The van der Waals surface area contributed by atoms with Crippen LogP contribution in [0.5, 0.6) is 0 Å². The first-order valence-corrected chi connectivity index (χ1v) is 7.52. The van der Waals surface area contributed by atoms with Crippen LogP contribution >= 0.6 is 0 Å². The molecular weight excluding hydrogens is 297 g/mol. The molecule has 0 aliphatic heterocycles. The first kappa shape index (κ1) is 15.5. The Balaban J connectivity index is 2.00. The van der Waals surface area contributed by atoms with Crippen LogP contribution in [-0.2, 0) is 15.9 Å². The molecule has 0 radical (unpaired) electrons. The van der Waals surface area contributed by atoms with Gasteiger partial charge in [0.05, 0.1) is 24.0 Å². The van der Waals surface area contributed by atoms with Gasteiger partial charge in [0, 0.05) is 25.4 Å². The SMILES string of the molecule is CCOC(=O)c1cccc(-n2ccc3c2C(F)=CC(OC)C3)c1. The van der Waals surface area contributed by atoms with Gasteiger partial charge in [0.2, 0.25) is 0 Å². The summed E-state index contributed by atoms with van der Waals surface area (Å²) < 4.78 is 26.4. The van der Waals surface area contributed by atoms with Crippen molar-refractivity contribution in [1.82, 2.24) is 4.57 Å². The number of hydrogen-bond acceptors (Lipinski definition) is 3. The van der Waals surface area contributed by atoms with E-state index in [4.69, 9.17) is 9.47 Å². The molecule has 1 atom stereocenters. The lowest BCUT2D eigenvalue weighted by atomic mass is 10.0. The van der Waals surface area contributed by atoms with Crippen molar-refractivity contribution < 1.29 is 18.7 Å². The molecule has 1 unspecified atom stereocenters. The van der Waals surface area contributed by atoms with Gasteiger partial charge in [-0.25, -0.2) is 9.18 Å². The van der Waals surface area contributed by atoms with E-state index in [2.05, 4.69) is 0 Å². The Bertz CT molecular complexity index is 763. The van der Waals surface area contributed by atoms with Gasteiger partial charge in [-0.2, -0.15) is 0 Å². The van der Waals surface area contributed by atoms with E-state index >= 15 is 0 Å². The molecule has 1 aliphatic rings. The van der Waals surface area contributed by atoms with E-state index in [0.717, 1.165) is 11.3 Å². The standard InChI is InChI=1S/C18H18FNO3/c1-3-23-18(21)13-5-4-6-14(9-13)20-8-7-12-10-15(22-2)11-16(19)17(12)20/h4-9,11,15H,3,10H2,1-2H3. The predicted octanol–water partition coefficient (Wildman–Crippen LogP) is 3.54. The number of carbonyl (C=O) groups excluding carboxylic acids is 1. The number of hydrogen-bond donors (Lipinski definition) is 0. The Morgan fingerprint density at radius 1 is 1.39 bits per heavy atom. The van der Waals surface area contributed by atoms with Crippen LogP contribution in [0.2, 0.25) is 0 Å². The van der Waals surface area contributed by atoms with E-state index in [1.165, 1.54) is 6.08 Å². The van der Waals surface area contributed by atoms with Crippen molar-refractivity contribution in [2.75, 3.05) is 13.7 Å². The predicted molar refractivity (Wildman–Crippen MR) is 85.3 cm³/mol. The number of benzene rings is 1. The Kier molecular flexibility index (Phi) is 4.30. The third kappa shape index (κ3) is 2.92. The highest BCUT2D eigenvalue weighted by Gasteiger charge is 2.23. The van der Waals surface area contributed by atoms with Gasteiger partial charge in [-0.15, -0.1) is 0 Å². The van der Waals surface area contributed by atoms with Crippen molar-refractivity contribution in [3.05, 3.63) is 59.4 Å². The Morgan fingerprint density at radius 2 is 2.22 bits per heavy atom. The minimum atomic E-state index is -0.383. The summed E-state index contributed by atoms with van der Waals surface area (Å²) in [5.41, 5.74) is 2.57. The molecule has 0 bridgehead atoms. The first-order chi connectivity index (χ1) is 11.1. The molecule has 0 saturated heterocycles. The molecule has 23 heavy (non-hydrogen) atoms. The normalized spacial score (nSPS) is 16.7. The quantitative estimate of drug-likeness (QED) is 0.810. The number of rotatable bonds is 4. The van der Waals surface area contributed by atoms with Gasteiger partial charge in [-0.05, 0) is 42.8 Å². The molecule has 3 rings (SSSR count). The van der Waals surface area contributed by atoms with Crippen molar-refractivity contribution in [1.29, 1.82) is 0 Å². The zero-order chi connectivity index (χ0) is 16.4. The summed E-state index contributed by atoms with van der Waals surface area (Å²) in [5, 5.41) is 0. The van der Waals surface area contributed by atoms with E-state index in [9.17, 15) is 9.18 Å². The molecule has 1 heterocycles. The second-order valence-electron chi connectivity index (χ2n) is 5.32. The van der Waals surface area contributed by atoms with Crippen molar-refractivity contribution in [2.45, 2.75) is 19.4 Å². The number of fused-ring (bicyclic) bond motifs is 1. The van der Waals surface area contributed by atoms with Gasteiger partial charge in [0.25, 0.3) is 0 Å². The van der Waals surface area contributed by atoms with Crippen LogP contribution in [0.25, 0.3) is 11.5 Å². The van der Waals surface area contributed by atoms with Crippen LogP contribution < -0.4 is 0 Å². The van der Waals surface area contributed by atoms with Crippen LogP contribution in [0.15, 0.2) is 42.6 Å². The Hall–Kier alpha value is -2.40. The highest BCUT2D eigenvalue weighted by Crippen LogP contribution is 2.31. The van der Waals surface area contributed by atoms with Gasteiger partial charge in [0.1, 0.15) is 5.83 Å². The maximum atomic E-state index is 14.4. The lowest BCUT2D eigenvalue weighted by Crippen LogP contribution is -2.17. The topological polar surface area (TPSA) is 40.5 Å². The number of halogens is 1. The molecule has 1 aromatic carbocycles. The van der Waals surface area contributed by atoms with Gasteiger partial charge < -0.3 is 14.0 Å². The second kappa shape index (κ2) is 6.38. The molecule has 1 aliphatic carbocycles. The van der Waals surface area contributed by atoms with Gasteiger partial charge in [-0.3, -0.25) is 0 Å². The molecule has 0 N–H and O–H groups in total. The summed E-state index contributed by atoms with van der Waals surface area (Å²) in [4.78, 5) is 11.9. The Labute approximate surface area is 134 Å². The van der Waals surface area contributed by atoms with Crippen LogP contribution in [0, 0.1) is 0 Å². The van der Waals surface area contributed by atoms with E-state index in [0.29, 0.717) is 24.3 Å². The van der Waals surface area contributed by atoms with E-state index in [-0.39, 0.29) is 17.9 Å².